The maximum atomic E-state index is 5.90. The van der Waals surface area contributed by atoms with Crippen LogP contribution in [0.2, 0.25) is 0 Å². The molecule has 1 N–H and O–H groups in total. The highest BCUT2D eigenvalue weighted by Crippen LogP contribution is 2.24. The Morgan fingerprint density at radius 1 is 1.16 bits per heavy atom. The quantitative estimate of drug-likeness (QED) is 0.907. The summed E-state index contributed by atoms with van der Waals surface area (Å²) in [5, 5.41) is 3.00. The van der Waals surface area contributed by atoms with E-state index in [4.69, 9.17) is 4.74 Å². The van der Waals surface area contributed by atoms with Crippen molar-refractivity contribution in [1.29, 1.82) is 0 Å². The van der Waals surface area contributed by atoms with Crippen molar-refractivity contribution in [2.45, 2.75) is 27.4 Å². The van der Waals surface area contributed by atoms with Crippen LogP contribution in [0.5, 0.6) is 5.75 Å². The molecule has 3 nitrogen and oxygen atoms in total. The molecule has 0 fully saturated rings. The van der Waals surface area contributed by atoms with Crippen molar-refractivity contribution >= 4 is 5.82 Å². The monoisotopic (exact) mass is 256 g/mol. The van der Waals surface area contributed by atoms with Crippen molar-refractivity contribution in [3.05, 3.63) is 52.7 Å². The molecule has 0 bridgehead atoms. The van der Waals surface area contributed by atoms with Crippen LogP contribution in [0.4, 0.5) is 5.82 Å². The van der Waals surface area contributed by atoms with E-state index in [1.165, 1.54) is 16.7 Å². The second kappa shape index (κ2) is 5.74. The summed E-state index contributed by atoms with van der Waals surface area (Å²) in [5.74, 6) is 1.82. The number of nitrogens with zero attached hydrogens (tertiary/aromatic N) is 1. The van der Waals surface area contributed by atoms with E-state index in [2.05, 4.69) is 43.2 Å². The van der Waals surface area contributed by atoms with Gasteiger partial charge in [0.1, 0.15) is 18.2 Å². The van der Waals surface area contributed by atoms with Gasteiger partial charge in [-0.15, -0.1) is 0 Å². The molecular weight excluding hydrogens is 236 g/mol. The fourth-order valence-electron chi connectivity index (χ4n) is 1.97. The summed E-state index contributed by atoms with van der Waals surface area (Å²) in [4.78, 5) is 4.28. The number of hydrogen-bond acceptors (Lipinski definition) is 3. The van der Waals surface area contributed by atoms with Gasteiger partial charge in [0.2, 0.25) is 0 Å². The molecule has 3 heteroatoms. The summed E-state index contributed by atoms with van der Waals surface area (Å²) in [7, 11) is 1.86. The van der Waals surface area contributed by atoms with Gasteiger partial charge in [-0.05, 0) is 49.6 Å². The van der Waals surface area contributed by atoms with E-state index in [1.807, 2.05) is 25.4 Å². The third-order valence-electron chi connectivity index (χ3n) is 3.24. The highest BCUT2D eigenvalue weighted by molar-refractivity contribution is 5.42. The van der Waals surface area contributed by atoms with Crippen LogP contribution in [0, 0.1) is 20.8 Å². The summed E-state index contributed by atoms with van der Waals surface area (Å²) < 4.78 is 5.90. The van der Waals surface area contributed by atoms with Crippen molar-refractivity contribution in [2.24, 2.45) is 0 Å². The van der Waals surface area contributed by atoms with Crippen LogP contribution in [-0.4, -0.2) is 12.0 Å². The minimum absolute atomic E-state index is 0.542. The standard InChI is InChI=1S/C16H20N2O/c1-11-7-12(2)13(3)15(8-11)19-10-14-5-6-16(17-4)18-9-14/h5-9H,10H2,1-4H3,(H,17,18). The lowest BCUT2D eigenvalue weighted by atomic mass is 10.1. The van der Waals surface area contributed by atoms with Crippen molar-refractivity contribution < 1.29 is 4.74 Å². The zero-order valence-corrected chi connectivity index (χ0v) is 11.9. The van der Waals surface area contributed by atoms with Crippen molar-refractivity contribution in [1.82, 2.24) is 4.98 Å². The van der Waals surface area contributed by atoms with Gasteiger partial charge >= 0.3 is 0 Å². The summed E-state index contributed by atoms with van der Waals surface area (Å²) in [6.07, 6.45) is 1.84. The molecule has 2 aromatic rings. The lowest BCUT2D eigenvalue weighted by Gasteiger charge is -2.12. The zero-order chi connectivity index (χ0) is 13.8. The summed E-state index contributed by atoms with van der Waals surface area (Å²) >= 11 is 0. The Hall–Kier alpha value is -2.03. The molecule has 0 saturated heterocycles. The predicted molar refractivity (Wildman–Crippen MR) is 78.8 cm³/mol. The predicted octanol–water partition coefficient (Wildman–Crippen LogP) is 3.63. The third kappa shape index (κ3) is 3.25. The van der Waals surface area contributed by atoms with Crippen LogP contribution in [0.1, 0.15) is 22.3 Å². The first-order valence-electron chi connectivity index (χ1n) is 6.43. The normalized spacial score (nSPS) is 10.3. The average Bonchev–Trinajstić information content (AvgIpc) is 2.41. The van der Waals surface area contributed by atoms with Crippen LogP contribution in [0.3, 0.4) is 0 Å². The molecule has 1 heterocycles. The van der Waals surface area contributed by atoms with Gasteiger partial charge in [-0.3, -0.25) is 0 Å². The Morgan fingerprint density at radius 3 is 2.58 bits per heavy atom. The maximum absolute atomic E-state index is 5.90. The number of pyridine rings is 1. The molecule has 1 aromatic carbocycles. The molecule has 0 amide bonds. The molecule has 0 atom stereocenters. The van der Waals surface area contributed by atoms with Gasteiger partial charge in [0.05, 0.1) is 0 Å². The Bertz CT molecular complexity index is 562. The number of benzene rings is 1. The van der Waals surface area contributed by atoms with Crippen LogP contribution in [0.15, 0.2) is 30.5 Å². The number of hydrogen-bond donors (Lipinski definition) is 1. The average molecular weight is 256 g/mol. The number of ether oxygens (including phenoxy) is 1. The molecule has 0 unspecified atom stereocenters. The Balaban J connectivity index is 2.09. The first-order chi connectivity index (χ1) is 9.10. The van der Waals surface area contributed by atoms with Crippen LogP contribution in [0.25, 0.3) is 0 Å². The van der Waals surface area contributed by atoms with Gasteiger partial charge < -0.3 is 10.1 Å². The van der Waals surface area contributed by atoms with E-state index in [9.17, 15) is 0 Å². The second-order valence-corrected chi connectivity index (χ2v) is 4.80. The molecule has 0 spiro atoms. The lowest BCUT2D eigenvalue weighted by molar-refractivity contribution is 0.303. The van der Waals surface area contributed by atoms with Gasteiger partial charge in [-0.2, -0.15) is 0 Å². The fraction of sp³-hybridized carbons (Fsp3) is 0.312. The van der Waals surface area contributed by atoms with E-state index >= 15 is 0 Å². The second-order valence-electron chi connectivity index (χ2n) is 4.80. The summed E-state index contributed by atoms with van der Waals surface area (Å²) in [6, 6.07) is 8.23. The number of nitrogens with one attached hydrogen (secondary N) is 1. The minimum atomic E-state index is 0.542. The van der Waals surface area contributed by atoms with Crippen molar-refractivity contribution in [2.75, 3.05) is 12.4 Å². The minimum Gasteiger partial charge on any atom is -0.489 e. The van der Waals surface area contributed by atoms with Gasteiger partial charge in [0.15, 0.2) is 0 Å². The largest absolute Gasteiger partial charge is 0.489 e. The van der Waals surface area contributed by atoms with E-state index < -0.39 is 0 Å². The third-order valence-corrected chi connectivity index (χ3v) is 3.24. The molecule has 0 radical (unpaired) electrons. The van der Waals surface area contributed by atoms with Crippen LogP contribution >= 0.6 is 0 Å². The van der Waals surface area contributed by atoms with Gasteiger partial charge in [0.25, 0.3) is 0 Å². The number of aryl methyl sites for hydroxylation is 2. The van der Waals surface area contributed by atoms with Gasteiger partial charge in [-0.1, -0.05) is 12.1 Å². The smallest absolute Gasteiger partial charge is 0.125 e. The molecular formula is C16H20N2O. The van der Waals surface area contributed by atoms with Gasteiger partial charge in [-0.25, -0.2) is 4.98 Å². The zero-order valence-electron chi connectivity index (χ0n) is 11.9. The molecule has 0 aliphatic rings. The Kier molecular flexibility index (Phi) is 4.05. The maximum Gasteiger partial charge on any atom is 0.125 e. The van der Waals surface area contributed by atoms with E-state index in [1.54, 1.807) is 0 Å². The lowest BCUT2D eigenvalue weighted by Crippen LogP contribution is -2.00. The highest BCUT2D eigenvalue weighted by atomic mass is 16.5. The van der Waals surface area contributed by atoms with Crippen molar-refractivity contribution in [3.63, 3.8) is 0 Å². The number of aromatic nitrogens is 1. The molecule has 0 saturated carbocycles. The molecule has 0 aliphatic heterocycles. The Morgan fingerprint density at radius 2 is 1.95 bits per heavy atom. The fourth-order valence-corrected chi connectivity index (χ4v) is 1.97. The van der Waals surface area contributed by atoms with E-state index in [-0.39, 0.29) is 0 Å². The molecule has 2 rings (SSSR count). The number of rotatable bonds is 4. The van der Waals surface area contributed by atoms with Gasteiger partial charge in [0, 0.05) is 18.8 Å². The van der Waals surface area contributed by atoms with Crippen LogP contribution < -0.4 is 10.1 Å². The Labute approximate surface area is 114 Å². The van der Waals surface area contributed by atoms with Crippen molar-refractivity contribution in [3.8, 4) is 5.75 Å². The van der Waals surface area contributed by atoms with E-state index in [0.717, 1.165) is 17.1 Å². The number of anilines is 1. The molecule has 19 heavy (non-hydrogen) atoms. The molecule has 0 aliphatic carbocycles. The first-order valence-corrected chi connectivity index (χ1v) is 6.43. The molecule has 1 aromatic heterocycles. The summed E-state index contributed by atoms with van der Waals surface area (Å²) in [6.45, 7) is 6.83. The summed E-state index contributed by atoms with van der Waals surface area (Å²) in [5.41, 5.74) is 4.75. The highest BCUT2D eigenvalue weighted by Gasteiger charge is 2.04. The first kappa shape index (κ1) is 13.4. The SMILES string of the molecule is CNc1ccc(COc2cc(C)cc(C)c2C)cn1. The van der Waals surface area contributed by atoms with E-state index in [0.29, 0.717) is 6.61 Å². The molecule has 100 valence electrons. The van der Waals surface area contributed by atoms with Crippen LogP contribution in [-0.2, 0) is 6.61 Å². The topological polar surface area (TPSA) is 34.1 Å².